The highest BCUT2D eigenvalue weighted by Crippen LogP contribution is 2.22. The molecule has 7 heteroatoms. The molecular formula is C18H23N3O4. The number of aryl methyl sites for hydroxylation is 1. The van der Waals surface area contributed by atoms with Crippen LogP contribution in [-0.4, -0.2) is 52.2 Å². The summed E-state index contributed by atoms with van der Waals surface area (Å²) in [6.07, 6.45) is 4.23. The quantitative estimate of drug-likeness (QED) is 0.604. The summed E-state index contributed by atoms with van der Waals surface area (Å²) >= 11 is 0. The molecule has 1 aromatic carbocycles. The highest BCUT2D eigenvalue weighted by atomic mass is 16.6. The van der Waals surface area contributed by atoms with Gasteiger partial charge in [0, 0.05) is 50.7 Å². The van der Waals surface area contributed by atoms with Crippen molar-refractivity contribution < 1.29 is 14.5 Å². The maximum absolute atomic E-state index is 12.5. The van der Waals surface area contributed by atoms with Crippen LogP contribution >= 0.6 is 0 Å². The fourth-order valence-corrected chi connectivity index (χ4v) is 3.73. The lowest BCUT2D eigenvalue weighted by atomic mass is 10.0. The summed E-state index contributed by atoms with van der Waals surface area (Å²) in [6.45, 7) is 2.14. The largest absolute Gasteiger partial charge is 0.341 e. The summed E-state index contributed by atoms with van der Waals surface area (Å²) in [5.41, 5.74) is 0.848. The predicted octanol–water partition coefficient (Wildman–Crippen LogP) is 2.14. The van der Waals surface area contributed by atoms with Gasteiger partial charge in [-0.15, -0.1) is 0 Å². The Hall–Kier alpha value is -2.44. The van der Waals surface area contributed by atoms with E-state index in [9.17, 15) is 19.7 Å². The maximum Gasteiger partial charge on any atom is 0.269 e. The van der Waals surface area contributed by atoms with Crippen molar-refractivity contribution in [3.63, 3.8) is 0 Å². The molecule has 1 aromatic rings. The van der Waals surface area contributed by atoms with Gasteiger partial charge in [0.2, 0.25) is 11.8 Å². The second-order valence-electron chi connectivity index (χ2n) is 6.75. The molecule has 134 valence electrons. The number of nitro groups is 1. The second kappa shape index (κ2) is 7.63. The highest BCUT2D eigenvalue weighted by molar-refractivity contribution is 5.79. The molecule has 2 aliphatic heterocycles. The zero-order valence-corrected chi connectivity index (χ0v) is 14.2. The second-order valence-corrected chi connectivity index (χ2v) is 6.75. The fraction of sp³-hybridized carbons (Fsp3) is 0.556. The summed E-state index contributed by atoms with van der Waals surface area (Å²) in [6, 6.07) is 6.57. The summed E-state index contributed by atoms with van der Waals surface area (Å²) < 4.78 is 0. The maximum atomic E-state index is 12.5. The van der Waals surface area contributed by atoms with Crippen LogP contribution in [0.25, 0.3) is 0 Å². The topological polar surface area (TPSA) is 83.8 Å². The zero-order valence-electron chi connectivity index (χ0n) is 14.2. The van der Waals surface area contributed by atoms with Gasteiger partial charge in [0.15, 0.2) is 0 Å². The Morgan fingerprint density at radius 2 is 2.12 bits per heavy atom. The van der Waals surface area contributed by atoms with Gasteiger partial charge in [-0.3, -0.25) is 19.7 Å². The number of likely N-dealkylation sites (tertiary alicyclic amines) is 2. The first-order chi connectivity index (χ1) is 12.0. The monoisotopic (exact) mass is 345 g/mol. The van der Waals surface area contributed by atoms with E-state index in [1.165, 1.54) is 12.1 Å². The van der Waals surface area contributed by atoms with Gasteiger partial charge in [0.05, 0.1) is 4.92 Å². The van der Waals surface area contributed by atoms with Gasteiger partial charge in [0.1, 0.15) is 0 Å². The van der Waals surface area contributed by atoms with Crippen LogP contribution in [-0.2, 0) is 16.0 Å². The third-order valence-electron chi connectivity index (χ3n) is 5.05. The van der Waals surface area contributed by atoms with E-state index >= 15 is 0 Å². The number of hydrogen-bond donors (Lipinski definition) is 0. The number of rotatable bonds is 5. The molecule has 2 heterocycles. The molecule has 2 saturated heterocycles. The van der Waals surface area contributed by atoms with Crippen molar-refractivity contribution in [1.82, 2.24) is 9.80 Å². The molecular weight excluding hydrogens is 322 g/mol. The molecule has 0 saturated carbocycles. The first-order valence-corrected chi connectivity index (χ1v) is 8.85. The van der Waals surface area contributed by atoms with Gasteiger partial charge in [-0.05, 0) is 31.2 Å². The van der Waals surface area contributed by atoms with Crippen LogP contribution in [0.1, 0.15) is 37.7 Å². The molecule has 25 heavy (non-hydrogen) atoms. The molecule has 0 spiro atoms. The molecule has 0 radical (unpaired) electrons. The molecule has 0 aromatic heterocycles. The summed E-state index contributed by atoms with van der Waals surface area (Å²) in [7, 11) is 0. The molecule has 0 N–H and O–H groups in total. The Morgan fingerprint density at radius 3 is 2.84 bits per heavy atom. The van der Waals surface area contributed by atoms with Gasteiger partial charge in [-0.1, -0.05) is 12.1 Å². The number of nitro benzene ring substituents is 1. The molecule has 0 aliphatic carbocycles. The van der Waals surface area contributed by atoms with Crippen molar-refractivity contribution in [2.24, 2.45) is 0 Å². The first kappa shape index (κ1) is 17.4. The summed E-state index contributed by atoms with van der Waals surface area (Å²) in [5, 5.41) is 10.8. The van der Waals surface area contributed by atoms with Crippen LogP contribution in [0.5, 0.6) is 0 Å². The van der Waals surface area contributed by atoms with Gasteiger partial charge in [0.25, 0.3) is 5.69 Å². The van der Waals surface area contributed by atoms with E-state index in [2.05, 4.69) is 0 Å². The van der Waals surface area contributed by atoms with Crippen molar-refractivity contribution in [1.29, 1.82) is 0 Å². The number of piperidine rings is 1. The summed E-state index contributed by atoms with van der Waals surface area (Å²) in [5.74, 6) is 0.263. The Balaban J connectivity index is 1.55. The van der Waals surface area contributed by atoms with E-state index in [1.807, 2.05) is 15.9 Å². The van der Waals surface area contributed by atoms with E-state index in [4.69, 9.17) is 0 Å². The van der Waals surface area contributed by atoms with Crippen molar-refractivity contribution in [2.45, 2.75) is 44.6 Å². The lowest BCUT2D eigenvalue weighted by molar-refractivity contribution is -0.384. The molecule has 3 rings (SSSR count). The number of benzene rings is 1. The van der Waals surface area contributed by atoms with Crippen LogP contribution < -0.4 is 0 Å². The van der Waals surface area contributed by atoms with Crippen LogP contribution in [0.15, 0.2) is 24.3 Å². The van der Waals surface area contributed by atoms with E-state index in [0.29, 0.717) is 25.8 Å². The zero-order chi connectivity index (χ0) is 17.8. The first-order valence-electron chi connectivity index (χ1n) is 8.85. The normalized spacial score (nSPS) is 20.8. The molecule has 2 aliphatic rings. The molecule has 2 amide bonds. The van der Waals surface area contributed by atoms with Crippen molar-refractivity contribution in [3.05, 3.63) is 39.9 Å². The van der Waals surface area contributed by atoms with E-state index in [1.54, 1.807) is 6.07 Å². The average Bonchev–Trinajstić information content (AvgIpc) is 3.06. The minimum atomic E-state index is -0.423. The number of hydrogen-bond acceptors (Lipinski definition) is 4. The van der Waals surface area contributed by atoms with Crippen molar-refractivity contribution in [2.75, 3.05) is 19.6 Å². The minimum Gasteiger partial charge on any atom is -0.341 e. The van der Waals surface area contributed by atoms with Crippen molar-refractivity contribution in [3.8, 4) is 0 Å². The Kier molecular flexibility index (Phi) is 5.31. The summed E-state index contributed by atoms with van der Waals surface area (Å²) in [4.78, 5) is 38.6. The van der Waals surface area contributed by atoms with Gasteiger partial charge in [-0.2, -0.15) is 0 Å². The lowest BCUT2D eigenvalue weighted by Gasteiger charge is -2.37. The minimum absolute atomic E-state index is 0.0514. The lowest BCUT2D eigenvalue weighted by Crippen LogP contribution is -2.50. The number of amides is 2. The Bertz CT molecular complexity index is 676. The van der Waals surface area contributed by atoms with Crippen LogP contribution in [0.2, 0.25) is 0 Å². The van der Waals surface area contributed by atoms with E-state index < -0.39 is 4.92 Å². The third kappa shape index (κ3) is 4.15. The average molecular weight is 345 g/mol. The van der Waals surface area contributed by atoms with Gasteiger partial charge in [-0.25, -0.2) is 0 Å². The number of nitrogens with zero attached hydrogens (tertiary/aromatic N) is 3. The highest BCUT2D eigenvalue weighted by Gasteiger charge is 2.32. The molecule has 0 unspecified atom stereocenters. The number of non-ortho nitro benzene ring substituents is 1. The van der Waals surface area contributed by atoms with Crippen molar-refractivity contribution >= 4 is 17.5 Å². The molecule has 1 atom stereocenters. The fourth-order valence-electron chi connectivity index (χ4n) is 3.73. The number of carbonyl (C=O) groups is 2. The van der Waals surface area contributed by atoms with Gasteiger partial charge < -0.3 is 9.80 Å². The number of carbonyl (C=O) groups excluding carboxylic acids is 2. The Morgan fingerprint density at radius 1 is 1.28 bits per heavy atom. The van der Waals surface area contributed by atoms with E-state index in [0.717, 1.165) is 37.9 Å². The van der Waals surface area contributed by atoms with Crippen LogP contribution in [0.3, 0.4) is 0 Å². The SMILES string of the molecule is O=C(CCc1cccc([N+](=O)[O-])c1)N1CCC[C@@H](N2CCCC2=O)C1. The third-order valence-corrected chi connectivity index (χ3v) is 5.05. The predicted molar refractivity (Wildman–Crippen MR) is 92.0 cm³/mol. The van der Waals surface area contributed by atoms with Gasteiger partial charge >= 0.3 is 0 Å². The van der Waals surface area contributed by atoms with Crippen LogP contribution in [0.4, 0.5) is 5.69 Å². The molecule has 0 bridgehead atoms. The Labute approximate surface area is 146 Å². The molecule has 2 fully saturated rings. The van der Waals surface area contributed by atoms with E-state index in [-0.39, 0.29) is 23.5 Å². The molecule has 7 nitrogen and oxygen atoms in total. The smallest absolute Gasteiger partial charge is 0.269 e. The van der Waals surface area contributed by atoms with Crippen LogP contribution in [0, 0.1) is 10.1 Å². The standard InChI is InChI=1S/C18H23N3O4/c22-17(9-8-14-4-1-5-15(12-14)21(24)25)19-10-2-6-16(13-19)20-11-3-7-18(20)23/h1,4-5,12,16H,2-3,6-11,13H2/t16-/m1/s1.